The first-order valence-electron chi connectivity index (χ1n) is 4.85. The summed E-state index contributed by atoms with van der Waals surface area (Å²) in [6.07, 6.45) is 2.06. The van der Waals surface area contributed by atoms with Crippen LogP contribution < -0.4 is 0 Å². The van der Waals surface area contributed by atoms with E-state index in [9.17, 15) is 13.2 Å². The van der Waals surface area contributed by atoms with Crippen LogP contribution in [0.5, 0.6) is 0 Å². The van der Waals surface area contributed by atoms with Crippen molar-refractivity contribution in [3.63, 3.8) is 0 Å². The first kappa shape index (κ1) is 11.2. The molecular formula is C8H12ClNO4S. The van der Waals surface area contributed by atoms with Crippen molar-refractivity contribution >= 4 is 25.8 Å². The van der Waals surface area contributed by atoms with Crippen LogP contribution in [0.15, 0.2) is 0 Å². The number of hydrogen-bond acceptors (Lipinski definition) is 4. The summed E-state index contributed by atoms with van der Waals surface area (Å²) < 4.78 is 28.3. The van der Waals surface area contributed by atoms with Gasteiger partial charge in [-0.1, -0.05) is 0 Å². The third kappa shape index (κ3) is 2.11. The third-order valence-electron chi connectivity index (χ3n) is 2.91. The molecule has 2 saturated heterocycles. The molecule has 2 unspecified atom stereocenters. The highest BCUT2D eigenvalue weighted by molar-refractivity contribution is 8.12. The zero-order valence-corrected chi connectivity index (χ0v) is 9.63. The molecule has 0 radical (unpaired) electrons. The molecule has 15 heavy (non-hydrogen) atoms. The predicted octanol–water partition coefficient (Wildman–Crippen LogP) is 0.498. The van der Waals surface area contributed by atoms with Gasteiger partial charge in [0.2, 0.25) is 5.91 Å². The van der Waals surface area contributed by atoms with Crippen LogP contribution in [0.4, 0.5) is 0 Å². The fourth-order valence-electron chi connectivity index (χ4n) is 2.13. The highest BCUT2D eigenvalue weighted by atomic mass is 35.7. The van der Waals surface area contributed by atoms with Gasteiger partial charge in [0.1, 0.15) is 0 Å². The number of rotatable bonds is 2. The molecule has 0 aliphatic carbocycles. The Bertz CT molecular complexity index is 363. The first-order chi connectivity index (χ1) is 7.00. The van der Waals surface area contributed by atoms with Crippen molar-refractivity contribution < 1.29 is 17.9 Å². The van der Waals surface area contributed by atoms with E-state index in [-0.39, 0.29) is 18.4 Å². The van der Waals surface area contributed by atoms with Crippen molar-refractivity contribution in [2.45, 2.75) is 25.3 Å². The first-order valence-corrected chi connectivity index (χ1v) is 7.11. The van der Waals surface area contributed by atoms with E-state index >= 15 is 0 Å². The lowest BCUT2D eigenvalue weighted by atomic mass is 9.87. The Kier molecular flexibility index (Phi) is 2.92. The maximum atomic E-state index is 11.2. The van der Waals surface area contributed by atoms with Gasteiger partial charge in [0.05, 0.1) is 12.6 Å². The average molecular weight is 254 g/mol. The number of carbonyl (C=O) groups is 1. The molecule has 2 atom stereocenters. The van der Waals surface area contributed by atoms with E-state index < -0.39 is 15.1 Å². The predicted molar refractivity (Wildman–Crippen MR) is 53.6 cm³/mol. The van der Waals surface area contributed by atoms with Gasteiger partial charge in [-0.2, -0.15) is 8.42 Å². The van der Waals surface area contributed by atoms with Crippen molar-refractivity contribution in [2.24, 2.45) is 5.92 Å². The molecule has 2 rings (SSSR count). The van der Waals surface area contributed by atoms with Crippen LogP contribution in [0.2, 0.25) is 0 Å². The maximum absolute atomic E-state index is 11.2. The zero-order valence-electron chi connectivity index (χ0n) is 8.06. The Morgan fingerprint density at radius 2 is 2.20 bits per heavy atom. The number of β-lactam (4-membered cyclic amide) rings is 1. The smallest absolute Gasteiger partial charge is 0.324 e. The van der Waals surface area contributed by atoms with Crippen LogP contribution in [-0.2, 0) is 18.8 Å². The minimum absolute atomic E-state index is 0.102. The summed E-state index contributed by atoms with van der Waals surface area (Å²) >= 11 is 0. The Morgan fingerprint density at radius 3 is 2.67 bits per heavy atom. The largest absolute Gasteiger partial charge is 0.381 e. The van der Waals surface area contributed by atoms with E-state index in [1.165, 1.54) is 0 Å². The zero-order chi connectivity index (χ0) is 11.1. The van der Waals surface area contributed by atoms with Gasteiger partial charge in [0, 0.05) is 29.6 Å². The molecule has 0 aromatic heterocycles. The van der Waals surface area contributed by atoms with Crippen molar-refractivity contribution in [1.82, 2.24) is 4.31 Å². The lowest BCUT2D eigenvalue weighted by Crippen LogP contribution is -2.58. The van der Waals surface area contributed by atoms with E-state index in [1.54, 1.807) is 0 Å². The molecule has 2 fully saturated rings. The molecule has 0 saturated carbocycles. The Balaban J connectivity index is 2.08. The fraction of sp³-hybridized carbons (Fsp3) is 0.875. The Hall–Kier alpha value is -0.330. The SMILES string of the molecule is O=C1CC(C2CCCOC2)N1S(=O)(=O)Cl. The standard InChI is InChI=1S/C8H12ClNO4S/c9-15(12,13)10-7(4-8(10)11)6-2-1-3-14-5-6/h6-7H,1-5H2. The van der Waals surface area contributed by atoms with Gasteiger partial charge in [-0.05, 0) is 12.8 Å². The monoisotopic (exact) mass is 253 g/mol. The lowest BCUT2D eigenvalue weighted by Gasteiger charge is -2.42. The summed E-state index contributed by atoms with van der Waals surface area (Å²) in [5.41, 5.74) is 0. The molecule has 5 nitrogen and oxygen atoms in total. The molecular weight excluding hydrogens is 242 g/mol. The third-order valence-corrected chi connectivity index (χ3v) is 4.30. The summed E-state index contributed by atoms with van der Waals surface area (Å²) in [6, 6.07) is -0.291. The van der Waals surface area contributed by atoms with Crippen LogP contribution in [0.25, 0.3) is 0 Å². The maximum Gasteiger partial charge on any atom is 0.324 e. The number of carbonyl (C=O) groups excluding carboxylic acids is 1. The molecule has 86 valence electrons. The molecule has 7 heteroatoms. The Morgan fingerprint density at radius 1 is 1.47 bits per heavy atom. The minimum Gasteiger partial charge on any atom is -0.381 e. The highest BCUT2D eigenvalue weighted by Gasteiger charge is 2.47. The van der Waals surface area contributed by atoms with Crippen LogP contribution in [0.3, 0.4) is 0 Å². The van der Waals surface area contributed by atoms with E-state index in [4.69, 9.17) is 15.4 Å². The average Bonchev–Trinajstić information content (AvgIpc) is 2.12. The topological polar surface area (TPSA) is 63.7 Å². The number of ether oxygens (including phenoxy) is 1. The van der Waals surface area contributed by atoms with Crippen LogP contribution >= 0.6 is 10.7 Å². The molecule has 0 spiro atoms. The normalized spacial score (nSPS) is 32.6. The molecule has 0 aromatic carbocycles. The molecule has 2 aliphatic rings. The van der Waals surface area contributed by atoms with Crippen molar-refractivity contribution in [1.29, 1.82) is 0 Å². The van der Waals surface area contributed by atoms with E-state index in [0.717, 1.165) is 17.1 Å². The van der Waals surface area contributed by atoms with Crippen molar-refractivity contribution in [3.05, 3.63) is 0 Å². The number of amides is 1. The van der Waals surface area contributed by atoms with E-state index in [1.807, 2.05) is 0 Å². The van der Waals surface area contributed by atoms with Crippen LogP contribution in [0, 0.1) is 5.92 Å². The summed E-state index contributed by atoms with van der Waals surface area (Å²) in [5, 5.41) is 0. The van der Waals surface area contributed by atoms with Gasteiger partial charge in [0.15, 0.2) is 0 Å². The molecule has 0 N–H and O–H groups in total. The van der Waals surface area contributed by atoms with Crippen LogP contribution in [0.1, 0.15) is 19.3 Å². The Labute approximate surface area is 92.9 Å². The quantitative estimate of drug-likeness (QED) is 0.531. The summed E-state index contributed by atoms with van der Waals surface area (Å²) in [7, 11) is 1.27. The molecule has 2 heterocycles. The summed E-state index contributed by atoms with van der Waals surface area (Å²) in [6.45, 7) is 1.23. The molecule has 1 amide bonds. The number of halogens is 1. The number of hydrogen-bond donors (Lipinski definition) is 0. The molecule has 2 aliphatic heterocycles. The second-order valence-electron chi connectivity index (χ2n) is 3.88. The van der Waals surface area contributed by atoms with Crippen molar-refractivity contribution in [2.75, 3.05) is 13.2 Å². The van der Waals surface area contributed by atoms with Crippen LogP contribution in [-0.4, -0.2) is 37.9 Å². The number of nitrogens with zero attached hydrogens (tertiary/aromatic N) is 1. The summed E-state index contributed by atoms with van der Waals surface area (Å²) in [4.78, 5) is 11.2. The highest BCUT2D eigenvalue weighted by Crippen LogP contribution is 2.34. The van der Waals surface area contributed by atoms with E-state index in [0.29, 0.717) is 13.2 Å². The fourth-order valence-corrected chi connectivity index (χ4v) is 3.56. The second kappa shape index (κ2) is 3.92. The summed E-state index contributed by atoms with van der Waals surface area (Å²) in [5.74, 6) is -0.314. The van der Waals surface area contributed by atoms with Gasteiger partial charge >= 0.3 is 9.24 Å². The van der Waals surface area contributed by atoms with Gasteiger partial charge < -0.3 is 4.74 Å². The van der Waals surface area contributed by atoms with Gasteiger partial charge in [-0.15, -0.1) is 0 Å². The van der Waals surface area contributed by atoms with E-state index in [2.05, 4.69) is 0 Å². The second-order valence-corrected chi connectivity index (χ2v) is 6.27. The van der Waals surface area contributed by atoms with Gasteiger partial charge in [-0.3, -0.25) is 4.79 Å². The lowest BCUT2D eigenvalue weighted by molar-refractivity contribution is -0.141. The molecule has 0 bridgehead atoms. The van der Waals surface area contributed by atoms with Gasteiger partial charge in [-0.25, -0.2) is 4.31 Å². The van der Waals surface area contributed by atoms with Crippen molar-refractivity contribution in [3.8, 4) is 0 Å². The molecule has 0 aromatic rings. The van der Waals surface area contributed by atoms with Gasteiger partial charge in [0.25, 0.3) is 0 Å². The minimum atomic E-state index is -3.91.